The van der Waals surface area contributed by atoms with Gasteiger partial charge >= 0.3 is 0 Å². The van der Waals surface area contributed by atoms with Crippen LogP contribution in [0.3, 0.4) is 0 Å². The van der Waals surface area contributed by atoms with E-state index in [1.165, 1.54) is 0 Å². The van der Waals surface area contributed by atoms with E-state index in [1.807, 2.05) is 121 Å². The number of rotatable bonds is 7. The lowest BCUT2D eigenvalue weighted by Crippen LogP contribution is -2.06. The van der Waals surface area contributed by atoms with Gasteiger partial charge in [-0.1, -0.05) is 169 Å². The molecule has 0 amide bonds. The highest BCUT2D eigenvalue weighted by Crippen LogP contribution is 2.44. The normalized spacial score (nSPS) is 11.6. The summed E-state index contributed by atoms with van der Waals surface area (Å²) in [6.45, 7) is 4.29. The number of fused-ring (bicyclic) bond motifs is 6. The van der Waals surface area contributed by atoms with E-state index < -0.39 is 0 Å². The van der Waals surface area contributed by atoms with Crippen LogP contribution in [0.25, 0.3) is 112 Å². The number of benzene rings is 8. The number of hydrogen-bond donors (Lipinski definition) is 0. The Morgan fingerprint density at radius 2 is 0.625 bits per heavy atom. The predicted molar refractivity (Wildman–Crippen MR) is 259 cm³/mol. The molecule has 8 aromatic carbocycles. The van der Waals surface area contributed by atoms with Crippen molar-refractivity contribution in [1.29, 1.82) is 0 Å². The zero-order valence-corrected chi connectivity index (χ0v) is 35.1. The van der Waals surface area contributed by atoms with Crippen LogP contribution in [0.5, 0.6) is 0 Å². The first-order chi connectivity index (χ1) is 31.6. The maximum absolute atomic E-state index is 5.21. The van der Waals surface area contributed by atoms with Gasteiger partial charge in [-0.15, -0.1) is 0 Å². The molecule has 0 spiro atoms. The van der Waals surface area contributed by atoms with Crippen LogP contribution in [-0.4, -0.2) is 39.0 Å². The van der Waals surface area contributed by atoms with Crippen LogP contribution >= 0.6 is 0 Å². The maximum atomic E-state index is 5.21. The van der Waals surface area contributed by atoms with Crippen molar-refractivity contribution in [2.75, 3.05) is 0 Å². The summed E-state index contributed by atoms with van der Waals surface area (Å²) >= 11 is 0. The number of nitrogens with zero attached hydrogens (tertiary/aromatic N) is 8. The molecule has 12 rings (SSSR count). The Bertz CT molecular complexity index is 3370. The SMILES string of the molecule is Cc1ccc2c(c1)c1c(-c3cccc4c3c3cc(C)ccc3n4-c3nc(-c4ccccc4)nc(-c4ccccc4)n3)cccc1n2-c1nc(-c2ccccc2)nc(-c2ccccc2)n1. The minimum Gasteiger partial charge on any atom is -0.278 e. The van der Waals surface area contributed by atoms with Gasteiger partial charge < -0.3 is 0 Å². The molecule has 0 N–H and O–H groups in total. The van der Waals surface area contributed by atoms with Gasteiger partial charge in [0.05, 0.1) is 22.1 Å². The van der Waals surface area contributed by atoms with Crippen molar-refractivity contribution in [3.63, 3.8) is 0 Å². The van der Waals surface area contributed by atoms with Gasteiger partial charge in [0.15, 0.2) is 23.3 Å². The molecule has 0 fully saturated rings. The van der Waals surface area contributed by atoms with Gasteiger partial charge in [-0.3, -0.25) is 9.13 Å². The predicted octanol–water partition coefficient (Wildman–Crippen LogP) is 13.2. The lowest BCUT2D eigenvalue weighted by atomic mass is 9.95. The first-order valence-corrected chi connectivity index (χ1v) is 21.4. The Morgan fingerprint density at radius 1 is 0.297 bits per heavy atom. The van der Waals surface area contributed by atoms with Crippen molar-refractivity contribution >= 4 is 43.6 Å². The fraction of sp³-hybridized carbons (Fsp3) is 0.0357. The third-order valence-electron chi connectivity index (χ3n) is 12.0. The summed E-state index contributed by atoms with van der Waals surface area (Å²) in [5.74, 6) is 3.55. The topological polar surface area (TPSA) is 87.2 Å². The second-order valence-electron chi connectivity index (χ2n) is 16.1. The number of hydrogen-bond acceptors (Lipinski definition) is 6. The van der Waals surface area contributed by atoms with Gasteiger partial charge in [0, 0.05) is 43.8 Å². The molecule has 0 aliphatic heterocycles. The maximum Gasteiger partial charge on any atom is 0.238 e. The Balaban J connectivity index is 1.14. The van der Waals surface area contributed by atoms with Crippen LogP contribution < -0.4 is 0 Å². The summed E-state index contributed by atoms with van der Waals surface area (Å²) in [5.41, 5.74) is 12.2. The summed E-state index contributed by atoms with van der Waals surface area (Å²) in [6, 6.07) is 66.9. The van der Waals surface area contributed by atoms with E-state index in [2.05, 4.69) is 95.8 Å². The molecule has 0 radical (unpaired) electrons. The van der Waals surface area contributed by atoms with Crippen molar-refractivity contribution in [1.82, 2.24) is 39.0 Å². The van der Waals surface area contributed by atoms with Gasteiger partial charge in [-0.2, -0.15) is 19.9 Å². The fourth-order valence-corrected chi connectivity index (χ4v) is 9.04. The first kappa shape index (κ1) is 37.2. The van der Waals surface area contributed by atoms with E-state index in [4.69, 9.17) is 29.9 Å². The van der Waals surface area contributed by atoms with Crippen LogP contribution in [0.15, 0.2) is 194 Å². The lowest BCUT2D eigenvalue weighted by Gasteiger charge is -2.12. The summed E-state index contributed by atoms with van der Waals surface area (Å²) in [4.78, 5) is 30.9. The highest BCUT2D eigenvalue weighted by atomic mass is 15.2. The minimum absolute atomic E-state index is 0.553. The monoisotopic (exact) mass is 822 g/mol. The van der Waals surface area contributed by atoms with E-state index in [0.717, 1.165) is 88.1 Å². The van der Waals surface area contributed by atoms with Crippen molar-refractivity contribution in [2.45, 2.75) is 13.8 Å². The minimum atomic E-state index is 0.553. The average molecular weight is 823 g/mol. The number of aryl methyl sites for hydroxylation is 2. The molecule has 0 aliphatic carbocycles. The molecule has 0 bridgehead atoms. The Labute approximate surface area is 368 Å². The smallest absolute Gasteiger partial charge is 0.238 e. The second-order valence-corrected chi connectivity index (χ2v) is 16.1. The van der Waals surface area contributed by atoms with Gasteiger partial charge in [0.25, 0.3) is 0 Å². The highest BCUT2D eigenvalue weighted by molar-refractivity contribution is 6.22. The Hall–Kier alpha value is -8.62. The lowest BCUT2D eigenvalue weighted by molar-refractivity contribution is 0.953. The van der Waals surface area contributed by atoms with Gasteiger partial charge in [0.2, 0.25) is 11.9 Å². The summed E-state index contributed by atoms with van der Waals surface area (Å²) in [5, 5.41) is 4.46. The van der Waals surface area contributed by atoms with Gasteiger partial charge in [0.1, 0.15) is 0 Å². The summed E-state index contributed by atoms with van der Waals surface area (Å²) in [6.07, 6.45) is 0. The van der Waals surface area contributed by atoms with Crippen molar-refractivity contribution in [3.05, 3.63) is 205 Å². The summed E-state index contributed by atoms with van der Waals surface area (Å²) in [7, 11) is 0. The zero-order valence-electron chi connectivity index (χ0n) is 35.1. The van der Waals surface area contributed by atoms with Crippen molar-refractivity contribution in [2.24, 2.45) is 0 Å². The van der Waals surface area contributed by atoms with E-state index in [9.17, 15) is 0 Å². The second kappa shape index (κ2) is 15.1. The molecule has 4 aromatic heterocycles. The molecule has 8 nitrogen and oxygen atoms in total. The van der Waals surface area contributed by atoms with Crippen LogP contribution in [0, 0.1) is 13.8 Å². The van der Waals surface area contributed by atoms with Crippen LogP contribution in [0.1, 0.15) is 11.1 Å². The third kappa shape index (κ3) is 6.23. The van der Waals surface area contributed by atoms with Crippen molar-refractivity contribution < 1.29 is 0 Å². The standard InChI is InChI=1S/C56H38N8/c1-35-29-31-45-43(33-35)49-41(25-15-27-47(49)63(45)55-59-51(37-17-7-3-8-18-37)57-52(60-55)38-19-9-4-10-20-38)42-26-16-28-48-50(42)44-34-36(2)30-32-46(44)64(48)56-61-53(39-21-11-5-12-22-39)58-54(62-56)40-23-13-6-14-24-40/h3-34H,1-2H3. The molecular weight excluding hydrogens is 785 g/mol. The van der Waals surface area contributed by atoms with E-state index >= 15 is 0 Å². The first-order valence-electron chi connectivity index (χ1n) is 21.4. The van der Waals surface area contributed by atoms with Crippen LogP contribution in [0.4, 0.5) is 0 Å². The molecule has 0 unspecified atom stereocenters. The molecular formula is C56H38N8. The molecule has 0 aliphatic rings. The molecule has 0 saturated heterocycles. The zero-order chi connectivity index (χ0) is 42.7. The molecule has 0 saturated carbocycles. The van der Waals surface area contributed by atoms with Crippen molar-refractivity contribution in [3.8, 4) is 68.6 Å². The van der Waals surface area contributed by atoms with E-state index in [0.29, 0.717) is 35.2 Å². The molecule has 0 atom stereocenters. The molecule has 64 heavy (non-hydrogen) atoms. The molecule has 8 heteroatoms. The van der Waals surface area contributed by atoms with E-state index in [1.54, 1.807) is 0 Å². The Kier molecular flexibility index (Phi) is 8.76. The van der Waals surface area contributed by atoms with E-state index in [-0.39, 0.29) is 0 Å². The molecule has 12 aromatic rings. The fourth-order valence-electron chi connectivity index (χ4n) is 9.04. The van der Waals surface area contributed by atoms with Gasteiger partial charge in [-0.05, 0) is 61.4 Å². The third-order valence-corrected chi connectivity index (χ3v) is 12.0. The van der Waals surface area contributed by atoms with Gasteiger partial charge in [-0.25, -0.2) is 9.97 Å². The van der Waals surface area contributed by atoms with Crippen LogP contribution in [-0.2, 0) is 0 Å². The highest BCUT2D eigenvalue weighted by Gasteiger charge is 2.24. The quantitative estimate of drug-likeness (QED) is 0.159. The summed E-state index contributed by atoms with van der Waals surface area (Å²) < 4.78 is 4.39. The largest absolute Gasteiger partial charge is 0.278 e. The Morgan fingerprint density at radius 3 is 0.953 bits per heavy atom. The molecule has 4 heterocycles. The van der Waals surface area contributed by atoms with Crippen LogP contribution in [0.2, 0.25) is 0 Å². The number of aromatic nitrogens is 8. The molecule has 302 valence electrons. The average Bonchev–Trinajstić information content (AvgIpc) is 3.87.